The molecule has 2 amide bonds. The number of rotatable bonds is 6. The van der Waals surface area contributed by atoms with Crippen LogP contribution in [0.2, 0.25) is 5.02 Å². The largest absolute Gasteiger partial charge is 0.398 e. The zero-order chi connectivity index (χ0) is 14.4. The van der Waals surface area contributed by atoms with E-state index in [2.05, 4.69) is 0 Å². The first kappa shape index (κ1) is 15.3. The summed E-state index contributed by atoms with van der Waals surface area (Å²) in [6.45, 7) is 2.40. The van der Waals surface area contributed by atoms with Gasteiger partial charge in [-0.1, -0.05) is 24.9 Å². The van der Waals surface area contributed by atoms with Crippen LogP contribution in [-0.4, -0.2) is 29.8 Å². The molecule has 6 heteroatoms. The van der Waals surface area contributed by atoms with Crippen LogP contribution in [0.25, 0.3) is 0 Å². The molecule has 0 atom stereocenters. The van der Waals surface area contributed by atoms with Gasteiger partial charge in [0.25, 0.3) is 5.91 Å². The Bertz CT molecular complexity index is 477. The van der Waals surface area contributed by atoms with E-state index in [1.165, 1.54) is 11.0 Å². The van der Waals surface area contributed by atoms with Crippen LogP contribution in [0, 0.1) is 0 Å². The molecule has 104 valence electrons. The fourth-order valence-corrected chi connectivity index (χ4v) is 1.81. The summed E-state index contributed by atoms with van der Waals surface area (Å²) in [4.78, 5) is 24.7. The molecule has 0 fully saturated rings. The lowest BCUT2D eigenvalue weighted by Crippen LogP contribution is -2.39. The minimum atomic E-state index is -0.536. The normalized spacial score (nSPS) is 10.2. The van der Waals surface area contributed by atoms with Crippen molar-refractivity contribution in [2.75, 3.05) is 18.8 Å². The number of primary amides is 1. The Morgan fingerprint density at radius 1 is 1.37 bits per heavy atom. The number of hydrogen-bond acceptors (Lipinski definition) is 3. The number of carbonyl (C=O) groups excluding carboxylic acids is 2. The number of carbonyl (C=O) groups is 2. The number of nitrogens with two attached hydrogens (primary N) is 2. The van der Waals surface area contributed by atoms with Crippen molar-refractivity contribution < 1.29 is 9.59 Å². The van der Waals surface area contributed by atoms with Gasteiger partial charge in [-0.2, -0.15) is 0 Å². The first-order valence-electron chi connectivity index (χ1n) is 6.08. The molecule has 0 aliphatic carbocycles. The van der Waals surface area contributed by atoms with Crippen molar-refractivity contribution in [3.63, 3.8) is 0 Å². The fourth-order valence-electron chi connectivity index (χ4n) is 1.63. The molecular weight excluding hydrogens is 266 g/mol. The van der Waals surface area contributed by atoms with Crippen molar-refractivity contribution in [1.29, 1.82) is 0 Å². The topological polar surface area (TPSA) is 89.4 Å². The summed E-state index contributed by atoms with van der Waals surface area (Å²) in [5.74, 6) is -0.805. The van der Waals surface area contributed by atoms with Gasteiger partial charge < -0.3 is 16.4 Å². The van der Waals surface area contributed by atoms with Gasteiger partial charge in [0.15, 0.2) is 0 Å². The zero-order valence-corrected chi connectivity index (χ0v) is 11.6. The molecule has 0 spiro atoms. The average molecular weight is 284 g/mol. The molecule has 0 aromatic heterocycles. The van der Waals surface area contributed by atoms with E-state index < -0.39 is 5.91 Å². The monoisotopic (exact) mass is 283 g/mol. The quantitative estimate of drug-likeness (QED) is 0.778. The molecule has 0 saturated heterocycles. The van der Waals surface area contributed by atoms with Crippen molar-refractivity contribution >= 4 is 29.1 Å². The third-order valence-corrected chi connectivity index (χ3v) is 2.99. The Balaban J connectivity index is 2.90. The first-order chi connectivity index (χ1) is 8.95. The Hall–Kier alpha value is -1.75. The van der Waals surface area contributed by atoms with E-state index in [0.717, 1.165) is 12.8 Å². The van der Waals surface area contributed by atoms with Gasteiger partial charge in [-0.25, -0.2) is 0 Å². The Labute approximate surface area is 117 Å². The summed E-state index contributed by atoms with van der Waals surface area (Å²) in [6, 6.07) is 4.65. The lowest BCUT2D eigenvalue weighted by atomic mass is 10.1. The second-order valence-electron chi connectivity index (χ2n) is 4.28. The molecule has 0 radical (unpaired) electrons. The smallest absolute Gasteiger partial charge is 0.254 e. The third kappa shape index (κ3) is 4.44. The highest BCUT2D eigenvalue weighted by molar-refractivity contribution is 6.33. The van der Waals surface area contributed by atoms with E-state index in [4.69, 9.17) is 23.1 Å². The van der Waals surface area contributed by atoms with Gasteiger partial charge in [0.1, 0.15) is 0 Å². The van der Waals surface area contributed by atoms with Crippen LogP contribution >= 0.6 is 11.6 Å². The lowest BCUT2D eigenvalue weighted by Gasteiger charge is -2.21. The molecule has 0 saturated carbocycles. The van der Waals surface area contributed by atoms with Gasteiger partial charge in [-0.3, -0.25) is 9.59 Å². The number of unbranched alkanes of at least 4 members (excludes halogenated alkanes) is 1. The highest BCUT2D eigenvalue weighted by atomic mass is 35.5. The summed E-state index contributed by atoms with van der Waals surface area (Å²) in [5, 5.41) is 0.320. The Kier molecular flexibility index (Phi) is 5.63. The van der Waals surface area contributed by atoms with E-state index >= 15 is 0 Å². The first-order valence-corrected chi connectivity index (χ1v) is 6.46. The minimum Gasteiger partial charge on any atom is -0.398 e. The molecule has 0 unspecified atom stereocenters. The van der Waals surface area contributed by atoms with Gasteiger partial charge in [-0.15, -0.1) is 0 Å². The predicted molar refractivity (Wildman–Crippen MR) is 75.9 cm³/mol. The number of nitrogen functional groups attached to an aromatic ring is 1. The lowest BCUT2D eigenvalue weighted by molar-refractivity contribution is -0.118. The van der Waals surface area contributed by atoms with Crippen molar-refractivity contribution in [1.82, 2.24) is 4.90 Å². The molecule has 1 aromatic rings. The van der Waals surface area contributed by atoms with Crippen molar-refractivity contribution in [3.8, 4) is 0 Å². The molecule has 1 aromatic carbocycles. The number of amides is 2. The van der Waals surface area contributed by atoms with Crippen LogP contribution in [-0.2, 0) is 4.79 Å². The maximum atomic E-state index is 12.3. The summed E-state index contributed by atoms with van der Waals surface area (Å²) < 4.78 is 0. The molecular formula is C13H18ClN3O2. The molecule has 19 heavy (non-hydrogen) atoms. The maximum Gasteiger partial charge on any atom is 0.254 e. The van der Waals surface area contributed by atoms with Crippen LogP contribution in [0.1, 0.15) is 30.1 Å². The molecule has 4 N–H and O–H groups in total. The maximum absolute atomic E-state index is 12.3. The average Bonchev–Trinajstić information content (AvgIpc) is 2.36. The SMILES string of the molecule is CCCCN(CC(N)=O)C(=O)c1ccc(N)c(Cl)c1. The molecule has 0 heterocycles. The van der Waals surface area contributed by atoms with Crippen molar-refractivity contribution in [2.24, 2.45) is 5.73 Å². The summed E-state index contributed by atoms with van der Waals surface area (Å²) in [5.41, 5.74) is 11.6. The zero-order valence-electron chi connectivity index (χ0n) is 10.9. The highest BCUT2D eigenvalue weighted by Crippen LogP contribution is 2.20. The Morgan fingerprint density at radius 3 is 2.58 bits per heavy atom. The van der Waals surface area contributed by atoms with Crippen LogP contribution in [0.3, 0.4) is 0 Å². The van der Waals surface area contributed by atoms with Crippen molar-refractivity contribution in [3.05, 3.63) is 28.8 Å². The van der Waals surface area contributed by atoms with E-state index in [1.54, 1.807) is 12.1 Å². The number of benzene rings is 1. The van der Waals surface area contributed by atoms with Crippen molar-refractivity contribution in [2.45, 2.75) is 19.8 Å². The molecule has 0 bridgehead atoms. The molecule has 0 aliphatic heterocycles. The predicted octanol–water partition coefficient (Wildman–Crippen LogP) is 1.65. The molecule has 5 nitrogen and oxygen atoms in total. The fraction of sp³-hybridized carbons (Fsp3) is 0.385. The number of anilines is 1. The standard InChI is InChI=1S/C13H18ClN3O2/c1-2-3-6-17(8-12(16)18)13(19)9-4-5-11(15)10(14)7-9/h4-5,7H,2-3,6,8,15H2,1H3,(H2,16,18). The molecule has 0 aliphatic rings. The van der Waals surface area contributed by atoms with E-state index in [0.29, 0.717) is 22.8 Å². The summed E-state index contributed by atoms with van der Waals surface area (Å²) in [6.07, 6.45) is 1.73. The van der Waals surface area contributed by atoms with Gasteiger partial charge in [0.05, 0.1) is 17.3 Å². The van der Waals surface area contributed by atoms with Gasteiger partial charge >= 0.3 is 0 Å². The second-order valence-corrected chi connectivity index (χ2v) is 4.69. The van der Waals surface area contributed by atoms with Crippen LogP contribution in [0.5, 0.6) is 0 Å². The van der Waals surface area contributed by atoms with Crippen LogP contribution in [0.4, 0.5) is 5.69 Å². The van der Waals surface area contributed by atoms with Gasteiger partial charge in [0.2, 0.25) is 5.91 Å². The Morgan fingerprint density at radius 2 is 2.05 bits per heavy atom. The third-order valence-electron chi connectivity index (χ3n) is 2.66. The highest BCUT2D eigenvalue weighted by Gasteiger charge is 2.17. The molecule has 1 rings (SSSR count). The van der Waals surface area contributed by atoms with E-state index in [1.807, 2.05) is 6.92 Å². The van der Waals surface area contributed by atoms with E-state index in [-0.39, 0.29) is 12.5 Å². The summed E-state index contributed by atoms with van der Waals surface area (Å²) in [7, 11) is 0. The van der Waals surface area contributed by atoms with Crippen LogP contribution < -0.4 is 11.5 Å². The van der Waals surface area contributed by atoms with Crippen LogP contribution in [0.15, 0.2) is 18.2 Å². The number of nitrogens with zero attached hydrogens (tertiary/aromatic N) is 1. The van der Waals surface area contributed by atoms with Gasteiger partial charge in [0, 0.05) is 12.1 Å². The number of halogens is 1. The van der Waals surface area contributed by atoms with E-state index in [9.17, 15) is 9.59 Å². The summed E-state index contributed by atoms with van der Waals surface area (Å²) >= 11 is 5.89. The second kappa shape index (κ2) is 6.99. The van der Waals surface area contributed by atoms with Gasteiger partial charge in [-0.05, 0) is 24.6 Å². The minimum absolute atomic E-state index is 0.0964. The number of hydrogen-bond donors (Lipinski definition) is 2.